The standard InChI is InChI=1S/C14H23FN2O/c1-4-6-12(10-18-3)17-13(5-2)14-8-7-11(15)9-16-14/h7-9,12-13,17H,4-6,10H2,1-3H3. The molecular formula is C14H23FN2O. The zero-order valence-electron chi connectivity index (χ0n) is 11.4. The van der Waals surface area contributed by atoms with Crippen molar-refractivity contribution < 1.29 is 9.13 Å². The summed E-state index contributed by atoms with van der Waals surface area (Å²) in [5.74, 6) is -0.296. The van der Waals surface area contributed by atoms with E-state index >= 15 is 0 Å². The van der Waals surface area contributed by atoms with E-state index in [-0.39, 0.29) is 11.9 Å². The first-order valence-corrected chi connectivity index (χ1v) is 6.57. The minimum atomic E-state index is -0.296. The van der Waals surface area contributed by atoms with Gasteiger partial charge in [0.15, 0.2) is 0 Å². The lowest BCUT2D eigenvalue weighted by Crippen LogP contribution is -2.36. The van der Waals surface area contributed by atoms with Crippen molar-refractivity contribution in [2.24, 2.45) is 0 Å². The first kappa shape index (κ1) is 15.1. The van der Waals surface area contributed by atoms with Crippen LogP contribution >= 0.6 is 0 Å². The largest absolute Gasteiger partial charge is 0.383 e. The van der Waals surface area contributed by atoms with Crippen LogP contribution in [0.3, 0.4) is 0 Å². The van der Waals surface area contributed by atoms with Gasteiger partial charge in [-0.3, -0.25) is 4.98 Å². The first-order valence-electron chi connectivity index (χ1n) is 6.57. The van der Waals surface area contributed by atoms with Crippen LogP contribution in [0.25, 0.3) is 0 Å². The second-order valence-electron chi connectivity index (χ2n) is 4.47. The quantitative estimate of drug-likeness (QED) is 0.774. The average molecular weight is 254 g/mol. The second-order valence-corrected chi connectivity index (χ2v) is 4.47. The molecule has 1 rings (SSSR count). The molecule has 1 heterocycles. The molecule has 2 atom stereocenters. The molecule has 0 fully saturated rings. The predicted octanol–water partition coefficient (Wildman–Crippen LogP) is 3.08. The van der Waals surface area contributed by atoms with Crippen LogP contribution < -0.4 is 5.32 Å². The number of nitrogens with zero attached hydrogens (tertiary/aromatic N) is 1. The fourth-order valence-electron chi connectivity index (χ4n) is 2.05. The average Bonchev–Trinajstić information content (AvgIpc) is 2.37. The van der Waals surface area contributed by atoms with Crippen molar-refractivity contribution in [1.29, 1.82) is 0 Å². The lowest BCUT2D eigenvalue weighted by atomic mass is 10.1. The maximum absolute atomic E-state index is 12.9. The molecule has 2 unspecified atom stereocenters. The van der Waals surface area contributed by atoms with E-state index in [9.17, 15) is 4.39 Å². The predicted molar refractivity (Wildman–Crippen MR) is 70.9 cm³/mol. The van der Waals surface area contributed by atoms with Crippen molar-refractivity contribution in [2.45, 2.75) is 45.2 Å². The lowest BCUT2D eigenvalue weighted by Gasteiger charge is -2.24. The van der Waals surface area contributed by atoms with Crippen LogP contribution in [0.4, 0.5) is 4.39 Å². The molecule has 0 radical (unpaired) electrons. The summed E-state index contributed by atoms with van der Waals surface area (Å²) in [6, 6.07) is 3.67. The summed E-state index contributed by atoms with van der Waals surface area (Å²) < 4.78 is 18.1. The summed E-state index contributed by atoms with van der Waals surface area (Å²) in [5, 5.41) is 3.53. The van der Waals surface area contributed by atoms with Gasteiger partial charge in [-0.2, -0.15) is 0 Å². The number of aromatic nitrogens is 1. The molecule has 102 valence electrons. The van der Waals surface area contributed by atoms with Gasteiger partial charge in [0.05, 0.1) is 18.5 Å². The van der Waals surface area contributed by atoms with E-state index in [1.54, 1.807) is 13.2 Å². The van der Waals surface area contributed by atoms with Crippen LogP contribution in [-0.4, -0.2) is 24.7 Å². The Labute approximate surface area is 109 Å². The molecule has 1 aromatic heterocycles. The zero-order chi connectivity index (χ0) is 13.4. The van der Waals surface area contributed by atoms with E-state index in [0.29, 0.717) is 12.6 Å². The maximum atomic E-state index is 12.9. The lowest BCUT2D eigenvalue weighted by molar-refractivity contribution is 0.155. The summed E-state index contributed by atoms with van der Waals surface area (Å²) in [4.78, 5) is 4.14. The van der Waals surface area contributed by atoms with Crippen molar-refractivity contribution in [3.8, 4) is 0 Å². The van der Waals surface area contributed by atoms with Crippen LogP contribution in [0.15, 0.2) is 18.3 Å². The SMILES string of the molecule is CCCC(COC)NC(CC)c1ccc(F)cn1. The van der Waals surface area contributed by atoms with E-state index in [1.807, 2.05) is 0 Å². The molecule has 0 aliphatic carbocycles. The number of hydrogen-bond acceptors (Lipinski definition) is 3. The molecule has 0 spiro atoms. The van der Waals surface area contributed by atoms with Crippen LogP contribution in [0.1, 0.15) is 44.8 Å². The smallest absolute Gasteiger partial charge is 0.141 e. The number of hydrogen-bond donors (Lipinski definition) is 1. The topological polar surface area (TPSA) is 34.1 Å². The van der Waals surface area contributed by atoms with Gasteiger partial charge in [-0.25, -0.2) is 4.39 Å². The summed E-state index contributed by atoms with van der Waals surface area (Å²) in [7, 11) is 1.71. The van der Waals surface area contributed by atoms with Crippen LogP contribution in [0.2, 0.25) is 0 Å². The highest BCUT2D eigenvalue weighted by molar-refractivity contribution is 5.10. The van der Waals surface area contributed by atoms with E-state index in [0.717, 1.165) is 25.0 Å². The summed E-state index contributed by atoms with van der Waals surface area (Å²) in [5.41, 5.74) is 0.885. The summed E-state index contributed by atoms with van der Waals surface area (Å²) >= 11 is 0. The fourth-order valence-corrected chi connectivity index (χ4v) is 2.05. The van der Waals surface area contributed by atoms with Crippen LogP contribution in [-0.2, 0) is 4.74 Å². The normalized spacial score (nSPS) is 14.4. The first-order chi connectivity index (χ1) is 8.71. The molecule has 0 aliphatic rings. The number of ether oxygens (including phenoxy) is 1. The highest BCUT2D eigenvalue weighted by atomic mass is 19.1. The molecule has 1 N–H and O–H groups in total. The van der Waals surface area contributed by atoms with Crippen molar-refractivity contribution in [3.05, 3.63) is 29.8 Å². The number of pyridine rings is 1. The van der Waals surface area contributed by atoms with Crippen molar-refractivity contribution in [1.82, 2.24) is 10.3 Å². The second kappa shape index (κ2) is 8.16. The monoisotopic (exact) mass is 254 g/mol. The van der Waals surface area contributed by atoms with Gasteiger partial charge in [0.2, 0.25) is 0 Å². The molecule has 0 bridgehead atoms. The Kier molecular flexibility index (Phi) is 6.83. The van der Waals surface area contributed by atoms with E-state index < -0.39 is 0 Å². The Morgan fingerprint density at radius 2 is 2.17 bits per heavy atom. The molecule has 0 saturated carbocycles. The van der Waals surface area contributed by atoms with Crippen LogP contribution in [0, 0.1) is 5.82 Å². The maximum Gasteiger partial charge on any atom is 0.141 e. The molecule has 3 nitrogen and oxygen atoms in total. The molecule has 0 amide bonds. The van der Waals surface area contributed by atoms with Crippen molar-refractivity contribution in [3.63, 3.8) is 0 Å². The van der Waals surface area contributed by atoms with E-state index in [2.05, 4.69) is 24.1 Å². The minimum absolute atomic E-state index is 0.150. The molecule has 0 aliphatic heterocycles. The Balaban J connectivity index is 2.67. The van der Waals surface area contributed by atoms with Gasteiger partial charge in [0.25, 0.3) is 0 Å². The fraction of sp³-hybridized carbons (Fsp3) is 0.643. The van der Waals surface area contributed by atoms with Gasteiger partial charge in [-0.15, -0.1) is 0 Å². The van der Waals surface area contributed by atoms with E-state index in [1.165, 1.54) is 12.3 Å². The number of halogens is 1. The van der Waals surface area contributed by atoms with E-state index in [4.69, 9.17) is 4.74 Å². The van der Waals surface area contributed by atoms with Gasteiger partial charge >= 0.3 is 0 Å². The van der Waals surface area contributed by atoms with Gasteiger partial charge in [-0.1, -0.05) is 20.3 Å². The Bertz CT molecular complexity index is 323. The highest BCUT2D eigenvalue weighted by Gasteiger charge is 2.16. The van der Waals surface area contributed by atoms with Gasteiger partial charge in [0, 0.05) is 19.2 Å². The van der Waals surface area contributed by atoms with Crippen molar-refractivity contribution in [2.75, 3.05) is 13.7 Å². The summed E-state index contributed by atoms with van der Waals surface area (Å²) in [6.07, 6.45) is 4.35. The Hall–Kier alpha value is -1.00. The molecular weight excluding hydrogens is 231 g/mol. The Morgan fingerprint density at radius 3 is 2.67 bits per heavy atom. The molecule has 0 saturated heterocycles. The number of nitrogens with one attached hydrogen (secondary N) is 1. The highest BCUT2D eigenvalue weighted by Crippen LogP contribution is 2.16. The third kappa shape index (κ3) is 4.70. The van der Waals surface area contributed by atoms with Gasteiger partial charge in [-0.05, 0) is 25.0 Å². The molecule has 18 heavy (non-hydrogen) atoms. The number of rotatable bonds is 8. The third-order valence-corrected chi connectivity index (χ3v) is 2.96. The minimum Gasteiger partial charge on any atom is -0.383 e. The molecule has 1 aromatic rings. The molecule has 4 heteroatoms. The van der Waals surface area contributed by atoms with Crippen molar-refractivity contribution >= 4 is 0 Å². The number of methoxy groups -OCH3 is 1. The molecule has 0 aromatic carbocycles. The summed E-state index contributed by atoms with van der Waals surface area (Å²) in [6.45, 7) is 4.94. The third-order valence-electron chi connectivity index (χ3n) is 2.96. The Morgan fingerprint density at radius 1 is 1.39 bits per heavy atom. The van der Waals surface area contributed by atoms with Gasteiger partial charge in [0.1, 0.15) is 5.82 Å². The van der Waals surface area contributed by atoms with Crippen LogP contribution in [0.5, 0.6) is 0 Å². The zero-order valence-corrected chi connectivity index (χ0v) is 11.4. The van der Waals surface area contributed by atoms with Gasteiger partial charge < -0.3 is 10.1 Å².